The molecule has 0 unspecified atom stereocenters. The molecule has 2 bridgehead atoms. The third-order valence-electron chi connectivity index (χ3n) is 5.51. The molecule has 1 saturated carbocycles. The topological polar surface area (TPSA) is 69.7 Å². The summed E-state index contributed by atoms with van der Waals surface area (Å²) in [5, 5.41) is 2.80. The predicted molar refractivity (Wildman–Crippen MR) is 85.4 cm³/mol. The van der Waals surface area contributed by atoms with Crippen molar-refractivity contribution in [1.29, 1.82) is 0 Å². The normalized spacial score (nSPS) is 31.5. The monoisotopic (exact) mass is 319 g/mol. The molecule has 2 fully saturated rings. The largest absolute Gasteiger partial charge is 0.336 e. The van der Waals surface area contributed by atoms with Gasteiger partial charge >= 0.3 is 6.03 Å². The van der Waals surface area contributed by atoms with Crippen LogP contribution in [0, 0.1) is 23.7 Å². The van der Waals surface area contributed by atoms with E-state index in [0.717, 1.165) is 12.8 Å². The fourth-order valence-corrected chi connectivity index (χ4v) is 4.25. The predicted octanol–water partition coefficient (Wildman–Crippen LogP) is 1.23. The minimum atomic E-state index is -0.162. The van der Waals surface area contributed by atoms with Crippen LogP contribution in [0.1, 0.15) is 26.7 Å². The second kappa shape index (κ2) is 6.34. The van der Waals surface area contributed by atoms with Gasteiger partial charge in [0.1, 0.15) is 0 Å². The second-order valence-electron chi connectivity index (χ2n) is 6.57. The lowest BCUT2D eigenvalue weighted by molar-refractivity contribution is -0.140. The quantitative estimate of drug-likeness (QED) is 0.612. The van der Waals surface area contributed by atoms with Gasteiger partial charge in [-0.05, 0) is 38.5 Å². The number of likely N-dealkylation sites (tertiary alicyclic amines) is 1. The van der Waals surface area contributed by atoms with Crippen LogP contribution in [0.2, 0.25) is 0 Å². The average Bonchev–Trinajstić information content (AvgIpc) is 2.84. The van der Waals surface area contributed by atoms with Gasteiger partial charge in [0, 0.05) is 26.2 Å². The maximum Gasteiger partial charge on any atom is 0.317 e. The molecule has 126 valence electrons. The molecule has 6 nitrogen and oxygen atoms in total. The van der Waals surface area contributed by atoms with E-state index in [1.807, 2.05) is 13.8 Å². The Kier molecular flexibility index (Phi) is 4.41. The Balaban J connectivity index is 1.59. The molecule has 0 spiro atoms. The third kappa shape index (κ3) is 2.64. The Morgan fingerprint density at radius 2 is 1.65 bits per heavy atom. The summed E-state index contributed by atoms with van der Waals surface area (Å²) in [6.07, 6.45) is 6.25. The molecular formula is C17H25N3O3. The van der Waals surface area contributed by atoms with Crippen LogP contribution >= 0.6 is 0 Å². The first-order valence-electron chi connectivity index (χ1n) is 8.64. The van der Waals surface area contributed by atoms with Crippen molar-refractivity contribution in [3.8, 4) is 0 Å². The molecule has 1 heterocycles. The van der Waals surface area contributed by atoms with Crippen LogP contribution in [0.4, 0.5) is 4.79 Å². The van der Waals surface area contributed by atoms with Crippen LogP contribution in [0.15, 0.2) is 12.2 Å². The third-order valence-corrected chi connectivity index (χ3v) is 5.51. The van der Waals surface area contributed by atoms with E-state index in [0.29, 0.717) is 19.6 Å². The van der Waals surface area contributed by atoms with Crippen LogP contribution in [0.3, 0.4) is 0 Å². The summed E-state index contributed by atoms with van der Waals surface area (Å²) in [5.41, 5.74) is 0. The van der Waals surface area contributed by atoms with Crippen LogP contribution in [-0.2, 0) is 9.59 Å². The van der Waals surface area contributed by atoms with Gasteiger partial charge in [0.25, 0.3) is 0 Å². The van der Waals surface area contributed by atoms with Gasteiger partial charge in [-0.25, -0.2) is 4.79 Å². The Hall–Kier alpha value is -1.85. The van der Waals surface area contributed by atoms with Crippen molar-refractivity contribution in [3.63, 3.8) is 0 Å². The maximum atomic E-state index is 12.6. The molecule has 3 aliphatic carbocycles. The van der Waals surface area contributed by atoms with Gasteiger partial charge < -0.3 is 10.2 Å². The number of hydrogen-bond acceptors (Lipinski definition) is 3. The highest BCUT2D eigenvalue weighted by molar-refractivity contribution is 6.06. The highest BCUT2D eigenvalue weighted by atomic mass is 16.2. The zero-order valence-corrected chi connectivity index (χ0v) is 13.8. The standard InChI is InChI=1S/C17H25N3O3/c1-3-19(4-2)17(23)18-9-10-20-15(21)13-11-5-6-12(8-7-11)14(13)16(20)22/h5-6,11-14H,3-4,7-10H2,1-2H3,(H,18,23)/t11-,12-,13+,14+/m0/s1. The minimum absolute atomic E-state index is 0.0452. The molecule has 1 N–H and O–H groups in total. The van der Waals surface area contributed by atoms with Gasteiger partial charge in [-0.1, -0.05) is 12.2 Å². The first-order chi connectivity index (χ1) is 11.1. The summed E-state index contributed by atoms with van der Waals surface area (Å²) < 4.78 is 0. The lowest BCUT2D eigenvalue weighted by atomic mass is 9.63. The van der Waals surface area contributed by atoms with Gasteiger partial charge in [-0.3, -0.25) is 14.5 Å². The van der Waals surface area contributed by atoms with Gasteiger partial charge in [0.05, 0.1) is 11.8 Å². The van der Waals surface area contributed by atoms with E-state index in [1.54, 1.807) is 4.90 Å². The Labute approximate surface area is 136 Å². The molecule has 4 rings (SSSR count). The number of allylic oxidation sites excluding steroid dienone is 2. The molecule has 0 aromatic carbocycles. The van der Waals surface area contributed by atoms with Crippen molar-refractivity contribution in [3.05, 3.63) is 12.2 Å². The fourth-order valence-electron chi connectivity index (χ4n) is 4.25. The summed E-state index contributed by atoms with van der Waals surface area (Å²) in [6, 6.07) is -0.145. The maximum absolute atomic E-state index is 12.6. The van der Waals surface area contributed by atoms with E-state index >= 15 is 0 Å². The van der Waals surface area contributed by atoms with Crippen molar-refractivity contribution in [2.75, 3.05) is 26.2 Å². The Morgan fingerprint density at radius 1 is 1.13 bits per heavy atom. The molecule has 6 heteroatoms. The van der Waals surface area contributed by atoms with Crippen LogP contribution < -0.4 is 5.32 Å². The number of amides is 4. The van der Waals surface area contributed by atoms with Crippen LogP contribution in [0.25, 0.3) is 0 Å². The van der Waals surface area contributed by atoms with Crippen molar-refractivity contribution in [2.24, 2.45) is 23.7 Å². The van der Waals surface area contributed by atoms with Crippen molar-refractivity contribution < 1.29 is 14.4 Å². The summed E-state index contributed by atoms with van der Waals surface area (Å²) in [7, 11) is 0. The first-order valence-corrected chi connectivity index (χ1v) is 8.64. The molecule has 4 aliphatic rings. The first kappa shape index (κ1) is 16.0. The van der Waals surface area contributed by atoms with Crippen molar-refractivity contribution in [1.82, 2.24) is 15.1 Å². The van der Waals surface area contributed by atoms with Crippen LogP contribution in [0.5, 0.6) is 0 Å². The lowest BCUT2D eigenvalue weighted by Gasteiger charge is -2.38. The number of nitrogens with zero attached hydrogens (tertiary/aromatic N) is 2. The number of carbonyl (C=O) groups excluding carboxylic acids is 3. The summed E-state index contributed by atoms with van der Waals surface area (Å²) in [6.45, 7) is 5.71. The van der Waals surface area contributed by atoms with E-state index in [1.165, 1.54) is 4.90 Å². The second-order valence-corrected chi connectivity index (χ2v) is 6.57. The lowest BCUT2D eigenvalue weighted by Crippen LogP contribution is -2.44. The molecular weight excluding hydrogens is 294 g/mol. The van der Waals surface area contributed by atoms with Gasteiger partial charge in [0.15, 0.2) is 0 Å². The van der Waals surface area contributed by atoms with Crippen molar-refractivity contribution in [2.45, 2.75) is 26.7 Å². The average molecular weight is 319 g/mol. The van der Waals surface area contributed by atoms with Crippen molar-refractivity contribution >= 4 is 17.8 Å². The van der Waals surface area contributed by atoms with E-state index < -0.39 is 0 Å². The highest BCUT2D eigenvalue weighted by Crippen LogP contribution is 2.49. The number of rotatable bonds is 5. The number of hydrogen-bond donors (Lipinski definition) is 1. The number of carbonyl (C=O) groups is 3. The summed E-state index contributed by atoms with van der Waals surface area (Å²) in [5.74, 6) is 0.0233. The number of urea groups is 1. The highest BCUT2D eigenvalue weighted by Gasteiger charge is 2.56. The van der Waals surface area contributed by atoms with Gasteiger partial charge in [-0.2, -0.15) is 0 Å². The summed E-state index contributed by atoms with van der Waals surface area (Å²) >= 11 is 0. The molecule has 4 amide bonds. The fraction of sp³-hybridized carbons (Fsp3) is 0.706. The number of nitrogens with one attached hydrogen (secondary N) is 1. The molecule has 0 aromatic rings. The molecule has 4 atom stereocenters. The minimum Gasteiger partial charge on any atom is -0.336 e. The Morgan fingerprint density at radius 3 is 2.09 bits per heavy atom. The van der Waals surface area contributed by atoms with E-state index in [9.17, 15) is 14.4 Å². The van der Waals surface area contributed by atoms with Gasteiger partial charge in [0.2, 0.25) is 11.8 Å². The summed E-state index contributed by atoms with van der Waals surface area (Å²) in [4.78, 5) is 40.2. The molecule has 1 saturated heterocycles. The number of fused-ring (bicyclic) bond motifs is 1. The zero-order chi connectivity index (χ0) is 16.6. The van der Waals surface area contributed by atoms with Crippen LogP contribution in [-0.4, -0.2) is 53.8 Å². The molecule has 0 radical (unpaired) electrons. The SMILES string of the molecule is CCN(CC)C(=O)NCCN1C(=O)[C@H]2[C@H](C1=O)[C@H]1C=C[C@H]2CC1. The molecule has 0 aromatic heterocycles. The zero-order valence-electron chi connectivity index (χ0n) is 13.8. The van der Waals surface area contributed by atoms with Gasteiger partial charge in [-0.15, -0.1) is 0 Å². The smallest absolute Gasteiger partial charge is 0.317 e. The molecule has 23 heavy (non-hydrogen) atoms. The van der Waals surface area contributed by atoms with E-state index in [-0.39, 0.29) is 48.1 Å². The van der Waals surface area contributed by atoms with E-state index in [2.05, 4.69) is 17.5 Å². The molecule has 1 aliphatic heterocycles. The van der Waals surface area contributed by atoms with E-state index in [4.69, 9.17) is 0 Å². The Bertz CT molecular complexity index is 509. The number of imide groups is 1.